The number of ether oxygens (including phenoxy) is 1. The second-order valence-corrected chi connectivity index (χ2v) is 4.50. The van der Waals surface area contributed by atoms with Gasteiger partial charge >= 0.3 is 5.97 Å². The van der Waals surface area contributed by atoms with E-state index in [4.69, 9.17) is 4.74 Å². The first-order valence-corrected chi connectivity index (χ1v) is 6.90. The fraction of sp³-hybridized carbons (Fsp3) is 0.429. The SMILES string of the molecule is CCCCOCCn1nnc(C(=O)O)c1-c1ccccn1. The second-order valence-electron chi connectivity index (χ2n) is 4.50. The molecule has 0 radical (unpaired) electrons. The quantitative estimate of drug-likeness (QED) is 0.746. The summed E-state index contributed by atoms with van der Waals surface area (Å²) in [5.41, 5.74) is 0.845. The lowest BCUT2D eigenvalue weighted by molar-refractivity contribution is 0.0691. The van der Waals surface area contributed by atoms with Crippen LogP contribution in [-0.2, 0) is 11.3 Å². The maximum absolute atomic E-state index is 11.2. The zero-order valence-corrected chi connectivity index (χ0v) is 11.9. The Bertz CT molecular complexity index is 583. The summed E-state index contributed by atoms with van der Waals surface area (Å²) in [6.45, 7) is 3.69. The molecule has 7 nitrogen and oxygen atoms in total. The smallest absolute Gasteiger partial charge is 0.358 e. The fourth-order valence-electron chi connectivity index (χ4n) is 1.87. The minimum absolute atomic E-state index is 0.0951. The molecule has 0 aliphatic rings. The topological polar surface area (TPSA) is 90.1 Å². The van der Waals surface area contributed by atoms with Crippen LogP contribution in [0.5, 0.6) is 0 Å². The number of aromatic nitrogens is 4. The van der Waals surface area contributed by atoms with Crippen LogP contribution in [0.2, 0.25) is 0 Å². The van der Waals surface area contributed by atoms with E-state index in [9.17, 15) is 9.90 Å². The van der Waals surface area contributed by atoms with Gasteiger partial charge in [-0.1, -0.05) is 24.6 Å². The highest BCUT2D eigenvalue weighted by Gasteiger charge is 2.21. The van der Waals surface area contributed by atoms with E-state index >= 15 is 0 Å². The average Bonchev–Trinajstić information content (AvgIpc) is 2.92. The van der Waals surface area contributed by atoms with E-state index in [1.165, 1.54) is 4.68 Å². The minimum Gasteiger partial charge on any atom is -0.476 e. The molecular weight excluding hydrogens is 272 g/mol. The summed E-state index contributed by atoms with van der Waals surface area (Å²) in [7, 11) is 0. The molecule has 0 unspecified atom stereocenters. The molecule has 0 aromatic carbocycles. The predicted octanol–water partition coefficient (Wildman–Crippen LogP) is 1.85. The van der Waals surface area contributed by atoms with E-state index in [0.29, 0.717) is 31.1 Å². The number of hydrogen-bond donors (Lipinski definition) is 1. The van der Waals surface area contributed by atoms with Crippen molar-refractivity contribution in [3.05, 3.63) is 30.1 Å². The zero-order valence-electron chi connectivity index (χ0n) is 11.9. The van der Waals surface area contributed by atoms with Gasteiger partial charge in [0, 0.05) is 12.8 Å². The van der Waals surface area contributed by atoms with Crippen LogP contribution in [0, 0.1) is 0 Å². The lowest BCUT2D eigenvalue weighted by Gasteiger charge is -2.07. The third-order valence-corrected chi connectivity index (χ3v) is 2.93. The van der Waals surface area contributed by atoms with Crippen molar-refractivity contribution in [2.24, 2.45) is 0 Å². The molecule has 0 fully saturated rings. The van der Waals surface area contributed by atoms with E-state index in [1.54, 1.807) is 24.4 Å². The van der Waals surface area contributed by atoms with Gasteiger partial charge < -0.3 is 9.84 Å². The molecule has 0 saturated heterocycles. The summed E-state index contributed by atoms with van der Waals surface area (Å²) < 4.78 is 7.01. The third kappa shape index (κ3) is 3.85. The van der Waals surface area contributed by atoms with Crippen molar-refractivity contribution in [1.29, 1.82) is 0 Å². The van der Waals surface area contributed by atoms with E-state index < -0.39 is 5.97 Å². The van der Waals surface area contributed by atoms with Crippen molar-refractivity contribution < 1.29 is 14.6 Å². The highest BCUT2D eigenvalue weighted by atomic mass is 16.5. The molecular formula is C14H18N4O3. The summed E-state index contributed by atoms with van der Waals surface area (Å²) in [5.74, 6) is -1.12. The number of carbonyl (C=O) groups is 1. The van der Waals surface area contributed by atoms with Crippen LogP contribution in [-0.4, -0.2) is 44.3 Å². The molecule has 1 N–H and O–H groups in total. The number of hydrogen-bond acceptors (Lipinski definition) is 5. The van der Waals surface area contributed by atoms with Crippen LogP contribution >= 0.6 is 0 Å². The largest absolute Gasteiger partial charge is 0.476 e. The number of carboxylic acids is 1. The number of nitrogens with zero attached hydrogens (tertiary/aromatic N) is 4. The average molecular weight is 290 g/mol. The predicted molar refractivity (Wildman–Crippen MR) is 75.9 cm³/mol. The lowest BCUT2D eigenvalue weighted by atomic mass is 10.2. The zero-order chi connectivity index (χ0) is 15.1. The molecule has 0 atom stereocenters. The van der Waals surface area contributed by atoms with Gasteiger partial charge in [0.1, 0.15) is 5.69 Å². The fourth-order valence-corrected chi connectivity index (χ4v) is 1.87. The van der Waals surface area contributed by atoms with E-state index in [-0.39, 0.29) is 5.69 Å². The normalized spacial score (nSPS) is 10.7. The molecule has 0 bridgehead atoms. The third-order valence-electron chi connectivity index (χ3n) is 2.93. The maximum atomic E-state index is 11.2. The molecule has 21 heavy (non-hydrogen) atoms. The van der Waals surface area contributed by atoms with E-state index in [0.717, 1.165) is 12.8 Å². The Morgan fingerprint density at radius 1 is 1.38 bits per heavy atom. The van der Waals surface area contributed by atoms with Crippen molar-refractivity contribution >= 4 is 5.97 Å². The lowest BCUT2D eigenvalue weighted by Crippen LogP contribution is -2.11. The highest BCUT2D eigenvalue weighted by molar-refractivity contribution is 5.92. The number of rotatable bonds is 8. The van der Waals surface area contributed by atoms with Gasteiger partial charge in [-0.2, -0.15) is 0 Å². The maximum Gasteiger partial charge on any atom is 0.358 e. The Hall–Kier alpha value is -2.28. The first-order valence-electron chi connectivity index (χ1n) is 6.90. The minimum atomic E-state index is -1.12. The van der Waals surface area contributed by atoms with Gasteiger partial charge in [-0.3, -0.25) is 4.98 Å². The van der Waals surface area contributed by atoms with Gasteiger partial charge in [-0.15, -0.1) is 5.10 Å². The Kier molecular flexibility index (Phi) is 5.39. The van der Waals surface area contributed by atoms with Crippen molar-refractivity contribution in [3.63, 3.8) is 0 Å². The molecule has 2 aromatic rings. The van der Waals surface area contributed by atoms with E-state index in [1.807, 2.05) is 0 Å². The van der Waals surface area contributed by atoms with Gasteiger partial charge in [0.25, 0.3) is 0 Å². The first kappa shape index (κ1) is 15.1. The van der Waals surface area contributed by atoms with Gasteiger partial charge in [-0.25, -0.2) is 9.48 Å². The van der Waals surface area contributed by atoms with E-state index in [2.05, 4.69) is 22.2 Å². The summed E-state index contributed by atoms with van der Waals surface area (Å²) in [6.07, 6.45) is 3.69. The molecule has 2 heterocycles. The Morgan fingerprint density at radius 3 is 2.90 bits per heavy atom. The molecule has 112 valence electrons. The van der Waals surface area contributed by atoms with Gasteiger partial charge in [0.05, 0.1) is 18.8 Å². The molecule has 0 spiro atoms. The number of pyridine rings is 1. The molecule has 2 rings (SSSR count). The van der Waals surface area contributed by atoms with Crippen LogP contribution in [0.15, 0.2) is 24.4 Å². The molecule has 7 heteroatoms. The summed E-state index contributed by atoms with van der Waals surface area (Å²) in [6, 6.07) is 5.30. The monoisotopic (exact) mass is 290 g/mol. The molecule has 0 amide bonds. The summed E-state index contributed by atoms with van der Waals surface area (Å²) in [5, 5.41) is 16.8. The van der Waals surface area contributed by atoms with Gasteiger partial charge in [0.15, 0.2) is 5.69 Å². The molecule has 0 aliphatic carbocycles. The number of aromatic carboxylic acids is 1. The van der Waals surface area contributed by atoms with Crippen molar-refractivity contribution in [2.45, 2.75) is 26.3 Å². The van der Waals surface area contributed by atoms with Crippen LogP contribution in [0.25, 0.3) is 11.4 Å². The standard InChI is InChI=1S/C14H18N4O3/c1-2-3-9-21-10-8-18-13(11-6-4-5-7-15-11)12(14(19)20)16-17-18/h4-7H,2-3,8-10H2,1H3,(H,19,20). The van der Waals surface area contributed by atoms with Crippen molar-refractivity contribution in [1.82, 2.24) is 20.0 Å². The molecule has 0 aliphatic heterocycles. The van der Waals surface area contributed by atoms with Crippen LogP contribution in [0.1, 0.15) is 30.3 Å². The van der Waals surface area contributed by atoms with Crippen LogP contribution in [0.3, 0.4) is 0 Å². The Morgan fingerprint density at radius 2 is 2.24 bits per heavy atom. The number of unbranched alkanes of at least 4 members (excludes halogenated alkanes) is 1. The summed E-state index contributed by atoms with van der Waals surface area (Å²) in [4.78, 5) is 15.4. The van der Waals surface area contributed by atoms with Crippen molar-refractivity contribution in [3.8, 4) is 11.4 Å². The Balaban J connectivity index is 2.16. The van der Waals surface area contributed by atoms with Crippen molar-refractivity contribution in [2.75, 3.05) is 13.2 Å². The second kappa shape index (κ2) is 7.49. The number of carboxylic acid groups (broad SMARTS) is 1. The summed E-state index contributed by atoms with van der Waals surface area (Å²) >= 11 is 0. The Labute approximate surface area is 122 Å². The molecule has 0 saturated carbocycles. The van der Waals surface area contributed by atoms with Gasteiger partial charge in [-0.05, 0) is 18.6 Å². The first-order chi connectivity index (χ1) is 10.2. The highest BCUT2D eigenvalue weighted by Crippen LogP contribution is 2.19. The van der Waals surface area contributed by atoms with Crippen LogP contribution in [0.4, 0.5) is 0 Å². The molecule has 2 aromatic heterocycles. The van der Waals surface area contributed by atoms with Crippen LogP contribution < -0.4 is 0 Å². The van der Waals surface area contributed by atoms with Gasteiger partial charge in [0.2, 0.25) is 0 Å².